The molecule has 8 N–H and O–H groups in total. The lowest BCUT2D eigenvalue weighted by Gasteiger charge is -2.30. The molecule has 5 atom stereocenters. The van der Waals surface area contributed by atoms with Crippen molar-refractivity contribution in [2.75, 3.05) is 6.54 Å². The van der Waals surface area contributed by atoms with Crippen molar-refractivity contribution in [3.63, 3.8) is 0 Å². The van der Waals surface area contributed by atoms with E-state index in [9.17, 15) is 34.2 Å². The third-order valence-corrected chi connectivity index (χ3v) is 4.96. The number of hydrogen-bond acceptors (Lipinski definition) is 7. The highest BCUT2D eigenvalue weighted by atomic mass is 16.4. The van der Waals surface area contributed by atoms with E-state index in [1.165, 1.54) is 11.8 Å². The Morgan fingerprint density at radius 2 is 1.71 bits per heavy atom. The third-order valence-electron chi connectivity index (χ3n) is 4.96. The zero-order valence-electron chi connectivity index (χ0n) is 18.0. The van der Waals surface area contributed by atoms with Crippen LogP contribution in [0.5, 0.6) is 0 Å². The molecule has 1 aliphatic heterocycles. The van der Waals surface area contributed by atoms with Crippen molar-refractivity contribution in [1.82, 2.24) is 15.5 Å². The van der Waals surface area contributed by atoms with Crippen LogP contribution in [-0.2, 0) is 24.0 Å². The Bertz CT molecular complexity index is 697. The standard InChI is InChI=1S/C19H33N5O7/c1-9(2)7-12(18(29)24-6-4-5-13(24)19(30)31)22-17(28)15(10(3)25)23-16(27)11(20)8-14(21)26/h9-13,15,25H,4-8,20H2,1-3H3,(H2,21,26)(H,22,28)(H,23,27)(H,30,31). The molecule has 1 aliphatic rings. The molecule has 0 aromatic carbocycles. The molecule has 12 nitrogen and oxygen atoms in total. The summed E-state index contributed by atoms with van der Waals surface area (Å²) in [4.78, 5) is 61.5. The quantitative estimate of drug-likeness (QED) is 0.203. The van der Waals surface area contributed by atoms with Gasteiger partial charge in [0, 0.05) is 6.54 Å². The highest BCUT2D eigenvalue weighted by Crippen LogP contribution is 2.20. The number of aliphatic hydroxyl groups excluding tert-OH is 1. The van der Waals surface area contributed by atoms with Crippen LogP contribution in [0.1, 0.15) is 46.5 Å². The van der Waals surface area contributed by atoms with Gasteiger partial charge in [0.2, 0.25) is 23.6 Å². The molecule has 4 amide bonds. The second kappa shape index (κ2) is 11.6. The molecule has 176 valence electrons. The summed E-state index contributed by atoms with van der Waals surface area (Å²) >= 11 is 0. The van der Waals surface area contributed by atoms with Gasteiger partial charge in [0.25, 0.3) is 0 Å². The van der Waals surface area contributed by atoms with E-state index in [0.717, 1.165) is 0 Å². The van der Waals surface area contributed by atoms with Crippen LogP contribution in [0, 0.1) is 5.92 Å². The minimum atomic E-state index is -1.44. The fraction of sp³-hybridized carbons (Fsp3) is 0.737. The van der Waals surface area contributed by atoms with Crippen molar-refractivity contribution in [3.8, 4) is 0 Å². The predicted molar refractivity (Wildman–Crippen MR) is 109 cm³/mol. The summed E-state index contributed by atoms with van der Waals surface area (Å²) in [5.74, 6) is -4.16. The maximum absolute atomic E-state index is 13.0. The van der Waals surface area contributed by atoms with Crippen LogP contribution in [0.15, 0.2) is 0 Å². The lowest BCUT2D eigenvalue weighted by Crippen LogP contribution is -2.60. The number of aliphatic carboxylic acids is 1. The fourth-order valence-electron chi connectivity index (χ4n) is 3.42. The average Bonchev–Trinajstić information content (AvgIpc) is 3.13. The summed E-state index contributed by atoms with van der Waals surface area (Å²) in [6.07, 6.45) is -0.685. The Morgan fingerprint density at radius 1 is 1.10 bits per heavy atom. The minimum absolute atomic E-state index is 0.0105. The molecule has 1 heterocycles. The lowest BCUT2D eigenvalue weighted by molar-refractivity contribution is -0.149. The fourth-order valence-corrected chi connectivity index (χ4v) is 3.42. The predicted octanol–water partition coefficient (Wildman–Crippen LogP) is -2.34. The number of rotatable bonds is 11. The largest absolute Gasteiger partial charge is 0.480 e. The van der Waals surface area contributed by atoms with Crippen LogP contribution in [0.2, 0.25) is 0 Å². The number of primary amides is 1. The van der Waals surface area contributed by atoms with Crippen molar-refractivity contribution in [1.29, 1.82) is 0 Å². The van der Waals surface area contributed by atoms with Crippen LogP contribution in [0.25, 0.3) is 0 Å². The molecule has 0 saturated carbocycles. The number of carboxylic acids is 1. The third kappa shape index (κ3) is 7.79. The molecule has 31 heavy (non-hydrogen) atoms. The van der Waals surface area contributed by atoms with E-state index in [1.54, 1.807) is 0 Å². The maximum Gasteiger partial charge on any atom is 0.326 e. The van der Waals surface area contributed by atoms with Crippen LogP contribution in [-0.4, -0.2) is 81.5 Å². The van der Waals surface area contributed by atoms with Gasteiger partial charge < -0.3 is 37.2 Å². The first-order valence-corrected chi connectivity index (χ1v) is 10.2. The Hall–Kier alpha value is -2.73. The number of carbonyl (C=O) groups excluding carboxylic acids is 4. The van der Waals surface area contributed by atoms with Gasteiger partial charge in [-0.25, -0.2) is 4.79 Å². The maximum atomic E-state index is 13.0. The molecule has 5 unspecified atom stereocenters. The first-order valence-electron chi connectivity index (χ1n) is 10.2. The van der Waals surface area contributed by atoms with Crippen molar-refractivity contribution in [2.24, 2.45) is 17.4 Å². The molecular formula is C19H33N5O7. The van der Waals surface area contributed by atoms with E-state index < -0.39 is 66.3 Å². The number of nitrogens with zero attached hydrogens (tertiary/aromatic N) is 1. The molecule has 1 saturated heterocycles. The van der Waals surface area contributed by atoms with Crippen LogP contribution in [0.4, 0.5) is 0 Å². The number of nitrogens with one attached hydrogen (secondary N) is 2. The van der Waals surface area contributed by atoms with E-state index >= 15 is 0 Å². The zero-order valence-corrected chi connectivity index (χ0v) is 18.0. The van der Waals surface area contributed by atoms with Gasteiger partial charge in [-0.05, 0) is 32.1 Å². The van der Waals surface area contributed by atoms with E-state index in [4.69, 9.17) is 11.5 Å². The number of hydrogen-bond donors (Lipinski definition) is 6. The van der Waals surface area contributed by atoms with E-state index in [2.05, 4.69) is 10.6 Å². The van der Waals surface area contributed by atoms with E-state index in [-0.39, 0.29) is 18.9 Å². The molecule has 0 aliphatic carbocycles. The number of likely N-dealkylation sites (tertiary alicyclic amines) is 1. The van der Waals surface area contributed by atoms with Crippen LogP contribution in [0.3, 0.4) is 0 Å². The summed E-state index contributed by atoms with van der Waals surface area (Å²) in [5.41, 5.74) is 10.6. The van der Waals surface area contributed by atoms with Crippen molar-refractivity contribution >= 4 is 29.6 Å². The molecule has 0 bridgehead atoms. The number of amides is 4. The Kier molecular flexibility index (Phi) is 9.85. The first kappa shape index (κ1) is 26.3. The van der Waals surface area contributed by atoms with Crippen LogP contribution < -0.4 is 22.1 Å². The van der Waals surface area contributed by atoms with Gasteiger partial charge in [0.1, 0.15) is 18.1 Å². The Morgan fingerprint density at radius 3 is 2.19 bits per heavy atom. The van der Waals surface area contributed by atoms with Gasteiger partial charge in [-0.3, -0.25) is 19.2 Å². The number of carbonyl (C=O) groups is 5. The van der Waals surface area contributed by atoms with Crippen molar-refractivity contribution < 1.29 is 34.2 Å². The van der Waals surface area contributed by atoms with Gasteiger partial charge in [-0.1, -0.05) is 13.8 Å². The average molecular weight is 444 g/mol. The number of aliphatic hydroxyl groups is 1. The summed E-state index contributed by atoms with van der Waals surface area (Å²) < 4.78 is 0. The SMILES string of the molecule is CC(C)CC(NC(=O)C(NC(=O)C(N)CC(N)=O)C(C)O)C(=O)N1CCCC1C(=O)O. The highest BCUT2D eigenvalue weighted by molar-refractivity contribution is 5.95. The second-order valence-corrected chi connectivity index (χ2v) is 8.22. The van der Waals surface area contributed by atoms with E-state index in [0.29, 0.717) is 12.8 Å². The molecule has 0 aromatic rings. The Labute approximate surface area is 180 Å². The van der Waals surface area contributed by atoms with Crippen molar-refractivity contribution in [2.45, 2.75) is 76.7 Å². The van der Waals surface area contributed by atoms with E-state index in [1.807, 2.05) is 13.8 Å². The molecular weight excluding hydrogens is 410 g/mol. The number of nitrogens with two attached hydrogens (primary N) is 2. The summed E-state index contributed by atoms with van der Waals surface area (Å²) in [6.45, 7) is 5.20. The smallest absolute Gasteiger partial charge is 0.326 e. The molecule has 12 heteroatoms. The molecule has 1 fully saturated rings. The summed E-state index contributed by atoms with van der Waals surface area (Å²) in [6, 6.07) is -4.74. The van der Waals surface area contributed by atoms with Gasteiger partial charge in [0.15, 0.2) is 0 Å². The van der Waals surface area contributed by atoms with Gasteiger partial charge in [-0.15, -0.1) is 0 Å². The lowest BCUT2D eigenvalue weighted by atomic mass is 10.0. The Balaban J connectivity index is 2.96. The molecule has 0 radical (unpaired) electrons. The monoisotopic (exact) mass is 443 g/mol. The summed E-state index contributed by atoms with van der Waals surface area (Å²) in [5, 5.41) is 24.1. The molecule has 0 aromatic heterocycles. The van der Waals surface area contributed by atoms with Crippen molar-refractivity contribution in [3.05, 3.63) is 0 Å². The second-order valence-electron chi connectivity index (χ2n) is 8.22. The highest BCUT2D eigenvalue weighted by Gasteiger charge is 2.39. The zero-order chi connectivity index (χ0) is 23.9. The minimum Gasteiger partial charge on any atom is -0.480 e. The van der Waals surface area contributed by atoms with Gasteiger partial charge >= 0.3 is 5.97 Å². The van der Waals surface area contributed by atoms with Gasteiger partial charge in [-0.2, -0.15) is 0 Å². The normalized spacial score (nSPS) is 19.9. The molecule has 1 rings (SSSR count). The topological polar surface area (TPSA) is 205 Å². The van der Waals surface area contributed by atoms with Gasteiger partial charge in [0.05, 0.1) is 18.6 Å². The molecule has 0 spiro atoms. The summed E-state index contributed by atoms with van der Waals surface area (Å²) in [7, 11) is 0. The first-order chi connectivity index (χ1) is 14.3. The van der Waals surface area contributed by atoms with Crippen LogP contribution >= 0.6 is 0 Å². The number of carboxylic acid groups (broad SMARTS) is 1.